The molecule has 12 rings (SSSR count). The molecule has 55 heavy (non-hydrogen) atoms. The normalized spacial score (nSPS) is 13.0. The first kappa shape index (κ1) is 30.2. The number of para-hydroxylation sites is 5. The number of nitrogens with zero attached hydrogens (tertiary/aromatic N) is 6. The van der Waals surface area contributed by atoms with E-state index in [0.717, 1.165) is 34.9 Å². The molecule has 1 aliphatic heterocycles. The van der Waals surface area contributed by atoms with E-state index in [0.29, 0.717) is 0 Å². The predicted octanol–water partition coefficient (Wildman–Crippen LogP) is 11.9. The number of pyridine rings is 1. The number of benzene rings is 7. The molecule has 6 nitrogen and oxygen atoms in total. The number of hydrogen-bond acceptors (Lipinski definition) is 3. The van der Waals surface area contributed by atoms with Gasteiger partial charge in [0.1, 0.15) is 5.82 Å². The van der Waals surface area contributed by atoms with Gasteiger partial charge in [0.25, 0.3) is 0 Å². The van der Waals surface area contributed by atoms with Gasteiger partial charge in [0.2, 0.25) is 0 Å². The van der Waals surface area contributed by atoms with Crippen LogP contribution in [0.2, 0.25) is 0 Å². The molecule has 0 atom stereocenters. The zero-order valence-electron chi connectivity index (χ0n) is 30.1. The van der Waals surface area contributed by atoms with Gasteiger partial charge in [-0.3, -0.25) is 4.57 Å². The fourth-order valence-corrected chi connectivity index (χ4v) is 9.27. The van der Waals surface area contributed by atoms with E-state index in [-0.39, 0.29) is 0 Å². The van der Waals surface area contributed by atoms with Crippen LogP contribution in [0.4, 0.5) is 17.1 Å². The van der Waals surface area contributed by atoms with Crippen LogP contribution in [-0.2, 0) is 0 Å². The Hall–Kier alpha value is -7.31. The van der Waals surface area contributed by atoms with Crippen LogP contribution >= 0.6 is 0 Å². The summed E-state index contributed by atoms with van der Waals surface area (Å²) in [5.74, 6) is 0.894. The van der Waals surface area contributed by atoms with E-state index in [1.54, 1.807) is 0 Å². The third kappa shape index (κ3) is 4.22. The molecule has 0 amide bonds. The van der Waals surface area contributed by atoms with Crippen molar-refractivity contribution in [2.45, 2.75) is 0 Å². The lowest BCUT2D eigenvalue weighted by molar-refractivity contribution is 0.950. The van der Waals surface area contributed by atoms with E-state index in [1.165, 1.54) is 71.4 Å². The molecule has 11 aromatic rings. The minimum atomic E-state index is 0.802. The van der Waals surface area contributed by atoms with E-state index in [4.69, 9.17) is 4.98 Å². The molecule has 0 spiro atoms. The molecule has 0 saturated heterocycles. The molecule has 0 saturated carbocycles. The van der Waals surface area contributed by atoms with Crippen molar-refractivity contribution in [2.75, 3.05) is 23.5 Å². The minimum Gasteiger partial charge on any atom is -0.355 e. The molecule has 0 fully saturated rings. The molecule has 0 bridgehead atoms. The summed E-state index contributed by atoms with van der Waals surface area (Å²) in [5.41, 5.74) is 12.9. The average molecular weight is 707 g/mol. The molecule has 0 aliphatic carbocycles. The largest absolute Gasteiger partial charge is 0.355 e. The van der Waals surface area contributed by atoms with E-state index >= 15 is 0 Å². The number of aromatic nitrogens is 4. The third-order valence-electron chi connectivity index (χ3n) is 11.6. The zero-order valence-corrected chi connectivity index (χ0v) is 30.1. The van der Waals surface area contributed by atoms with Gasteiger partial charge in [-0.1, -0.05) is 91.0 Å². The number of anilines is 3. The van der Waals surface area contributed by atoms with Crippen molar-refractivity contribution in [3.8, 4) is 17.2 Å². The van der Waals surface area contributed by atoms with Gasteiger partial charge in [-0.25, -0.2) is 4.98 Å². The van der Waals surface area contributed by atoms with Crippen molar-refractivity contribution < 1.29 is 0 Å². The Morgan fingerprint density at radius 1 is 0.418 bits per heavy atom. The highest BCUT2D eigenvalue weighted by Crippen LogP contribution is 2.44. The monoisotopic (exact) mass is 706 g/mol. The van der Waals surface area contributed by atoms with Crippen LogP contribution in [0.3, 0.4) is 0 Å². The maximum absolute atomic E-state index is 4.99. The lowest BCUT2D eigenvalue weighted by atomic mass is 10.1. The molecular formula is C49H34N6. The van der Waals surface area contributed by atoms with Gasteiger partial charge in [0.05, 0.1) is 51.1 Å². The first-order chi connectivity index (χ1) is 27.2. The Morgan fingerprint density at radius 3 is 1.84 bits per heavy atom. The van der Waals surface area contributed by atoms with Crippen molar-refractivity contribution in [2.24, 2.45) is 0 Å². The summed E-state index contributed by atoms with van der Waals surface area (Å²) in [6, 6.07) is 61.6. The fourth-order valence-electron chi connectivity index (χ4n) is 9.27. The Morgan fingerprint density at radius 2 is 1.02 bits per heavy atom. The SMILES string of the molecule is CN1CN(c2ccc3c4ccccc4n(-c4ccc5c6ccc7c(c8ccccc8n7-c7ccccc7)c6n(-c6ccccn6)c5c4)c3c2)c2ccccc21. The topological polar surface area (TPSA) is 34.2 Å². The van der Waals surface area contributed by atoms with Gasteiger partial charge < -0.3 is 18.9 Å². The quantitative estimate of drug-likeness (QED) is 0.183. The molecular weight excluding hydrogens is 673 g/mol. The van der Waals surface area contributed by atoms with Gasteiger partial charge >= 0.3 is 0 Å². The molecule has 6 heteroatoms. The highest BCUT2D eigenvalue weighted by molar-refractivity contribution is 6.26. The van der Waals surface area contributed by atoms with Crippen LogP contribution in [0.5, 0.6) is 0 Å². The third-order valence-corrected chi connectivity index (χ3v) is 11.6. The Balaban J connectivity index is 1.16. The summed E-state index contributed by atoms with van der Waals surface area (Å²) < 4.78 is 7.22. The van der Waals surface area contributed by atoms with E-state index in [1.807, 2.05) is 12.3 Å². The smallest absolute Gasteiger partial charge is 0.137 e. The van der Waals surface area contributed by atoms with Crippen LogP contribution in [-0.4, -0.2) is 32.4 Å². The first-order valence-electron chi connectivity index (χ1n) is 18.8. The van der Waals surface area contributed by atoms with Crippen LogP contribution in [0.1, 0.15) is 0 Å². The molecule has 7 aromatic carbocycles. The second kappa shape index (κ2) is 11.3. The van der Waals surface area contributed by atoms with Crippen molar-refractivity contribution in [3.05, 3.63) is 176 Å². The number of fused-ring (bicyclic) bond motifs is 11. The maximum atomic E-state index is 4.99. The van der Waals surface area contributed by atoms with Gasteiger partial charge in [0, 0.05) is 62.6 Å². The van der Waals surface area contributed by atoms with E-state index in [2.05, 4.69) is 194 Å². The highest BCUT2D eigenvalue weighted by Gasteiger charge is 2.26. The van der Waals surface area contributed by atoms with Gasteiger partial charge in [-0.15, -0.1) is 0 Å². The number of hydrogen-bond donors (Lipinski definition) is 0. The van der Waals surface area contributed by atoms with Gasteiger partial charge in [-0.05, 0) is 78.9 Å². The number of rotatable bonds is 4. The van der Waals surface area contributed by atoms with Gasteiger partial charge in [0.15, 0.2) is 0 Å². The second-order valence-electron chi connectivity index (χ2n) is 14.6. The van der Waals surface area contributed by atoms with Crippen LogP contribution in [0, 0.1) is 0 Å². The fraction of sp³-hybridized carbons (Fsp3) is 0.0408. The van der Waals surface area contributed by atoms with Crippen molar-refractivity contribution >= 4 is 82.5 Å². The zero-order chi connectivity index (χ0) is 36.2. The minimum absolute atomic E-state index is 0.802. The van der Waals surface area contributed by atoms with Gasteiger partial charge in [-0.2, -0.15) is 0 Å². The van der Waals surface area contributed by atoms with Crippen molar-refractivity contribution in [3.63, 3.8) is 0 Å². The highest BCUT2D eigenvalue weighted by atomic mass is 15.4. The predicted molar refractivity (Wildman–Crippen MR) is 229 cm³/mol. The molecule has 4 aromatic heterocycles. The first-order valence-corrected chi connectivity index (χ1v) is 18.8. The van der Waals surface area contributed by atoms with Crippen LogP contribution < -0.4 is 9.80 Å². The average Bonchev–Trinajstić information content (AvgIpc) is 3.97. The summed E-state index contributed by atoms with van der Waals surface area (Å²) in [5, 5.41) is 7.32. The van der Waals surface area contributed by atoms with E-state index in [9.17, 15) is 0 Å². The van der Waals surface area contributed by atoms with Crippen molar-refractivity contribution in [1.29, 1.82) is 0 Å². The summed E-state index contributed by atoms with van der Waals surface area (Å²) >= 11 is 0. The molecule has 0 unspecified atom stereocenters. The Kier molecular flexibility index (Phi) is 6.23. The Bertz CT molecular complexity index is 3320. The standard InChI is InChI=1S/C49H34N6/c1-51-31-52(43-20-10-9-19-42(43)51)33-22-24-36-35-15-5-7-17-40(35)54(45(36)29-33)34-23-25-37-38-26-27-44-48(49(38)55(46(37)30-34)47-21-11-12-28-50-47)39-16-6-8-18-41(39)53(44)32-13-3-2-4-14-32/h2-30H,31H2,1H3. The lowest BCUT2D eigenvalue weighted by Crippen LogP contribution is -2.23. The van der Waals surface area contributed by atoms with Crippen LogP contribution in [0.15, 0.2) is 176 Å². The summed E-state index contributed by atoms with van der Waals surface area (Å²) in [4.78, 5) is 9.71. The summed E-state index contributed by atoms with van der Waals surface area (Å²) in [7, 11) is 2.16. The second-order valence-corrected chi connectivity index (χ2v) is 14.6. The molecule has 5 heterocycles. The van der Waals surface area contributed by atoms with Crippen molar-refractivity contribution in [1.82, 2.24) is 18.7 Å². The Labute approximate surface area is 316 Å². The van der Waals surface area contributed by atoms with Crippen LogP contribution in [0.25, 0.3) is 82.6 Å². The lowest BCUT2D eigenvalue weighted by Gasteiger charge is -2.20. The van der Waals surface area contributed by atoms with E-state index < -0.39 is 0 Å². The molecule has 260 valence electrons. The molecule has 0 radical (unpaired) electrons. The summed E-state index contributed by atoms with van der Waals surface area (Å²) in [6.45, 7) is 0.802. The molecule has 1 aliphatic rings. The maximum Gasteiger partial charge on any atom is 0.137 e. The summed E-state index contributed by atoms with van der Waals surface area (Å²) in [6.07, 6.45) is 1.90. The molecule has 0 N–H and O–H groups in total.